The van der Waals surface area contributed by atoms with Crippen LogP contribution in [0.5, 0.6) is 5.75 Å². The Hall–Kier alpha value is -0.940. The second-order valence-corrected chi connectivity index (χ2v) is 3.48. The summed E-state index contributed by atoms with van der Waals surface area (Å²) < 4.78 is 47.9. The fraction of sp³-hybridized carbons (Fsp3) is 0.455. The fourth-order valence-electron chi connectivity index (χ4n) is 1.20. The van der Waals surface area contributed by atoms with E-state index in [1.165, 1.54) is 12.1 Å². The third-order valence-electron chi connectivity index (χ3n) is 2.01. The average molecular weight is 269 g/mol. The monoisotopic (exact) mass is 268 g/mol. The zero-order valence-electron chi connectivity index (χ0n) is 9.18. The van der Waals surface area contributed by atoms with E-state index in [9.17, 15) is 13.2 Å². The van der Waals surface area contributed by atoms with Crippen LogP contribution in [0.2, 0.25) is 0 Å². The van der Waals surface area contributed by atoms with Gasteiger partial charge in [0.25, 0.3) is 0 Å². The van der Waals surface area contributed by atoms with Gasteiger partial charge < -0.3 is 9.47 Å². The van der Waals surface area contributed by atoms with Gasteiger partial charge in [0.2, 0.25) is 0 Å². The van der Waals surface area contributed by atoms with Gasteiger partial charge >= 0.3 is 6.18 Å². The van der Waals surface area contributed by atoms with Gasteiger partial charge in [0, 0.05) is 12.5 Å². The first-order valence-electron chi connectivity index (χ1n) is 4.95. The van der Waals surface area contributed by atoms with E-state index in [0.717, 1.165) is 6.07 Å². The Bertz CT molecular complexity index is 366. The number of rotatable bonds is 5. The zero-order valence-corrected chi connectivity index (χ0v) is 9.94. The standard InChI is InChI=1S/C11H12ClF3O2/c1-2-16-7-17-10-4-3-8(6-12)5-9(10)11(13,14)15/h3-5H,2,6-7H2,1H3. The van der Waals surface area contributed by atoms with Gasteiger partial charge in [-0.25, -0.2) is 0 Å². The van der Waals surface area contributed by atoms with Gasteiger partial charge in [0.1, 0.15) is 5.75 Å². The third-order valence-corrected chi connectivity index (χ3v) is 2.31. The van der Waals surface area contributed by atoms with Gasteiger partial charge in [0.15, 0.2) is 6.79 Å². The highest BCUT2D eigenvalue weighted by atomic mass is 35.5. The van der Waals surface area contributed by atoms with E-state index in [0.29, 0.717) is 12.2 Å². The molecule has 0 atom stereocenters. The van der Waals surface area contributed by atoms with Crippen LogP contribution in [0.15, 0.2) is 18.2 Å². The molecule has 1 aromatic carbocycles. The first kappa shape index (κ1) is 14.1. The largest absolute Gasteiger partial charge is 0.467 e. The van der Waals surface area contributed by atoms with E-state index in [1.807, 2.05) is 0 Å². The molecule has 0 heterocycles. The van der Waals surface area contributed by atoms with Crippen LogP contribution >= 0.6 is 11.6 Å². The molecule has 0 unspecified atom stereocenters. The molecule has 1 rings (SSSR count). The summed E-state index contributed by atoms with van der Waals surface area (Å²) in [5.41, 5.74) is -0.446. The Balaban J connectivity index is 2.95. The van der Waals surface area contributed by atoms with E-state index in [-0.39, 0.29) is 18.4 Å². The van der Waals surface area contributed by atoms with Gasteiger partial charge in [-0.3, -0.25) is 0 Å². The molecule has 0 aliphatic carbocycles. The molecule has 0 saturated heterocycles. The summed E-state index contributed by atoms with van der Waals surface area (Å²) in [6, 6.07) is 3.72. The van der Waals surface area contributed by atoms with Crippen molar-refractivity contribution in [2.24, 2.45) is 0 Å². The molecule has 0 saturated carbocycles. The van der Waals surface area contributed by atoms with E-state index in [1.54, 1.807) is 6.92 Å². The summed E-state index contributed by atoms with van der Waals surface area (Å²) in [7, 11) is 0. The molecule has 0 spiro atoms. The molecule has 0 N–H and O–H groups in total. The van der Waals surface area contributed by atoms with Gasteiger partial charge in [-0.2, -0.15) is 13.2 Å². The van der Waals surface area contributed by atoms with Crippen molar-refractivity contribution in [2.45, 2.75) is 19.0 Å². The number of halogens is 4. The van der Waals surface area contributed by atoms with E-state index < -0.39 is 11.7 Å². The predicted octanol–water partition coefficient (Wildman–Crippen LogP) is 3.82. The molecular weight excluding hydrogens is 257 g/mol. The lowest BCUT2D eigenvalue weighted by molar-refractivity contribution is -0.139. The van der Waals surface area contributed by atoms with Crippen LogP contribution in [0.25, 0.3) is 0 Å². The van der Waals surface area contributed by atoms with E-state index in [2.05, 4.69) is 0 Å². The van der Waals surface area contributed by atoms with Crippen molar-refractivity contribution in [1.29, 1.82) is 0 Å². The molecule has 96 valence electrons. The predicted molar refractivity (Wildman–Crippen MR) is 58.1 cm³/mol. The number of hydrogen-bond acceptors (Lipinski definition) is 2. The highest BCUT2D eigenvalue weighted by Gasteiger charge is 2.34. The Morgan fingerprint density at radius 1 is 1.29 bits per heavy atom. The van der Waals surface area contributed by atoms with Crippen LogP contribution in [0, 0.1) is 0 Å². The lowest BCUT2D eigenvalue weighted by Gasteiger charge is -2.14. The molecule has 0 amide bonds. The second kappa shape index (κ2) is 6.12. The lowest BCUT2D eigenvalue weighted by atomic mass is 10.1. The number of alkyl halides is 4. The van der Waals surface area contributed by atoms with Gasteiger partial charge in [0.05, 0.1) is 5.56 Å². The maximum absolute atomic E-state index is 12.7. The van der Waals surface area contributed by atoms with Crippen LogP contribution < -0.4 is 4.74 Å². The van der Waals surface area contributed by atoms with Gasteiger partial charge in [-0.15, -0.1) is 11.6 Å². The maximum Gasteiger partial charge on any atom is 0.419 e. The topological polar surface area (TPSA) is 18.5 Å². The SMILES string of the molecule is CCOCOc1ccc(CCl)cc1C(F)(F)F. The Kier molecular flexibility index (Phi) is 5.08. The van der Waals surface area contributed by atoms with Crippen molar-refractivity contribution < 1.29 is 22.6 Å². The summed E-state index contributed by atoms with van der Waals surface area (Å²) >= 11 is 5.50. The molecule has 0 bridgehead atoms. The van der Waals surface area contributed by atoms with Crippen molar-refractivity contribution in [3.63, 3.8) is 0 Å². The quantitative estimate of drug-likeness (QED) is 0.459. The molecule has 0 fully saturated rings. The van der Waals surface area contributed by atoms with Gasteiger partial charge in [-0.05, 0) is 24.6 Å². The molecule has 2 nitrogen and oxygen atoms in total. The average Bonchev–Trinajstić information content (AvgIpc) is 2.28. The van der Waals surface area contributed by atoms with Gasteiger partial charge in [-0.1, -0.05) is 6.07 Å². The van der Waals surface area contributed by atoms with Crippen LogP contribution in [0.1, 0.15) is 18.1 Å². The third kappa shape index (κ3) is 4.09. The number of hydrogen-bond donors (Lipinski definition) is 0. The first-order chi connectivity index (χ1) is 7.99. The lowest BCUT2D eigenvalue weighted by Crippen LogP contribution is -2.11. The Morgan fingerprint density at radius 3 is 2.53 bits per heavy atom. The highest BCUT2D eigenvalue weighted by molar-refractivity contribution is 6.17. The number of benzene rings is 1. The van der Waals surface area contributed by atoms with Crippen molar-refractivity contribution in [3.8, 4) is 5.75 Å². The summed E-state index contributed by atoms with van der Waals surface area (Å²) in [4.78, 5) is 0. The van der Waals surface area contributed by atoms with Crippen LogP contribution in [0.3, 0.4) is 0 Å². The summed E-state index contributed by atoms with van der Waals surface area (Å²) in [5.74, 6) is -0.228. The minimum Gasteiger partial charge on any atom is -0.467 e. The van der Waals surface area contributed by atoms with Crippen LogP contribution in [0.4, 0.5) is 13.2 Å². The highest BCUT2D eigenvalue weighted by Crippen LogP contribution is 2.37. The summed E-state index contributed by atoms with van der Waals surface area (Å²) in [6.45, 7) is 1.89. The molecular formula is C11H12ClF3O2. The van der Waals surface area contributed by atoms with E-state index >= 15 is 0 Å². The fourth-order valence-corrected chi connectivity index (χ4v) is 1.36. The van der Waals surface area contributed by atoms with Crippen molar-refractivity contribution in [3.05, 3.63) is 29.3 Å². The Labute approximate surface area is 102 Å². The molecule has 0 aliphatic heterocycles. The van der Waals surface area contributed by atoms with E-state index in [4.69, 9.17) is 21.1 Å². The molecule has 1 aromatic rings. The van der Waals surface area contributed by atoms with Crippen molar-refractivity contribution in [1.82, 2.24) is 0 Å². The molecule has 6 heteroatoms. The first-order valence-corrected chi connectivity index (χ1v) is 5.49. The van der Waals surface area contributed by atoms with Crippen LogP contribution in [-0.2, 0) is 16.8 Å². The molecule has 17 heavy (non-hydrogen) atoms. The second-order valence-electron chi connectivity index (χ2n) is 3.22. The Morgan fingerprint density at radius 2 is 2.00 bits per heavy atom. The normalized spacial score (nSPS) is 11.6. The molecule has 0 aliphatic rings. The molecule has 0 radical (unpaired) electrons. The van der Waals surface area contributed by atoms with Crippen molar-refractivity contribution in [2.75, 3.05) is 13.4 Å². The smallest absolute Gasteiger partial charge is 0.419 e. The van der Waals surface area contributed by atoms with Crippen molar-refractivity contribution >= 4 is 11.6 Å². The van der Waals surface area contributed by atoms with Crippen LogP contribution in [-0.4, -0.2) is 13.4 Å². The zero-order chi connectivity index (χ0) is 12.9. The minimum atomic E-state index is -4.47. The maximum atomic E-state index is 12.7. The minimum absolute atomic E-state index is 0.0226. The molecule has 0 aromatic heterocycles. The number of ether oxygens (including phenoxy) is 2. The summed E-state index contributed by atoms with van der Waals surface area (Å²) in [6.07, 6.45) is -4.47. The summed E-state index contributed by atoms with van der Waals surface area (Å²) in [5, 5.41) is 0.